The lowest BCUT2D eigenvalue weighted by Gasteiger charge is -2.12. The molecule has 0 aliphatic carbocycles. The summed E-state index contributed by atoms with van der Waals surface area (Å²) in [7, 11) is 0. The zero-order chi connectivity index (χ0) is 17.7. The first-order valence-corrected chi connectivity index (χ1v) is 7.66. The monoisotopic (exact) mass is 370 g/mol. The number of hydrogen-bond donors (Lipinski definition) is 2. The second-order valence-electron chi connectivity index (χ2n) is 4.61. The molecule has 5 nitrogen and oxygen atoms in total. The van der Waals surface area contributed by atoms with Gasteiger partial charge >= 0.3 is 12.0 Å². The maximum Gasteiger partial charge on any atom is 0.340 e. The lowest BCUT2D eigenvalue weighted by atomic mass is 10.1. The zero-order valence-corrected chi connectivity index (χ0v) is 14.0. The van der Waals surface area contributed by atoms with Crippen molar-refractivity contribution in [1.82, 2.24) is 0 Å². The molecule has 2 aromatic carbocycles. The summed E-state index contributed by atoms with van der Waals surface area (Å²) < 4.78 is 18.2. The van der Waals surface area contributed by atoms with E-state index in [1.54, 1.807) is 13.0 Å². The molecule has 0 bridgehead atoms. The van der Waals surface area contributed by atoms with Crippen molar-refractivity contribution in [1.29, 1.82) is 0 Å². The molecule has 24 heavy (non-hydrogen) atoms. The van der Waals surface area contributed by atoms with Crippen LogP contribution in [-0.4, -0.2) is 18.6 Å². The van der Waals surface area contributed by atoms with E-state index in [0.717, 1.165) is 12.1 Å². The highest BCUT2D eigenvalue weighted by atomic mass is 35.5. The number of benzene rings is 2. The molecule has 0 heterocycles. The maximum atomic E-state index is 13.4. The molecule has 0 aliphatic heterocycles. The molecular weight excluding hydrogens is 358 g/mol. The number of carbonyl (C=O) groups excluding carboxylic acids is 2. The van der Waals surface area contributed by atoms with Crippen molar-refractivity contribution < 1.29 is 18.7 Å². The highest BCUT2D eigenvalue weighted by Crippen LogP contribution is 2.26. The van der Waals surface area contributed by atoms with Gasteiger partial charge < -0.3 is 15.4 Å². The van der Waals surface area contributed by atoms with E-state index in [-0.39, 0.29) is 22.9 Å². The lowest BCUT2D eigenvalue weighted by Crippen LogP contribution is -2.21. The minimum Gasteiger partial charge on any atom is -0.462 e. The average molecular weight is 371 g/mol. The van der Waals surface area contributed by atoms with Gasteiger partial charge in [-0.2, -0.15) is 0 Å². The molecule has 0 spiro atoms. The second-order valence-corrected chi connectivity index (χ2v) is 5.46. The fourth-order valence-electron chi connectivity index (χ4n) is 1.87. The Hall–Kier alpha value is -2.31. The summed E-state index contributed by atoms with van der Waals surface area (Å²) in [4.78, 5) is 23.9. The van der Waals surface area contributed by atoms with Crippen molar-refractivity contribution in [3.8, 4) is 0 Å². The zero-order valence-electron chi connectivity index (χ0n) is 12.5. The van der Waals surface area contributed by atoms with Gasteiger partial charge in [0.15, 0.2) is 0 Å². The minimum absolute atomic E-state index is 0.0887. The smallest absolute Gasteiger partial charge is 0.340 e. The topological polar surface area (TPSA) is 67.4 Å². The minimum atomic E-state index is -0.739. The van der Waals surface area contributed by atoms with Crippen LogP contribution in [0, 0.1) is 5.82 Å². The molecule has 8 heteroatoms. The molecule has 2 amide bonds. The Labute approximate surface area is 147 Å². The van der Waals surface area contributed by atoms with Crippen LogP contribution < -0.4 is 10.6 Å². The van der Waals surface area contributed by atoms with Gasteiger partial charge in [0.05, 0.1) is 28.6 Å². The average Bonchev–Trinajstić information content (AvgIpc) is 2.52. The summed E-state index contributed by atoms with van der Waals surface area (Å²) >= 11 is 11.8. The molecule has 0 fully saturated rings. The van der Waals surface area contributed by atoms with Crippen LogP contribution in [0.5, 0.6) is 0 Å². The van der Waals surface area contributed by atoms with Gasteiger partial charge in [-0.05, 0) is 43.3 Å². The van der Waals surface area contributed by atoms with Crippen LogP contribution in [0.1, 0.15) is 17.3 Å². The Kier molecular flexibility index (Phi) is 6.00. The molecule has 0 saturated carbocycles. The van der Waals surface area contributed by atoms with Gasteiger partial charge in [-0.1, -0.05) is 23.2 Å². The van der Waals surface area contributed by atoms with E-state index in [1.165, 1.54) is 18.2 Å². The number of hydrogen-bond acceptors (Lipinski definition) is 3. The summed E-state index contributed by atoms with van der Waals surface area (Å²) in [5, 5.41) is 5.65. The van der Waals surface area contributed by atoms with Crippen molar-refractivity contribution in [3.05, 3.63) is 57.8 Å². The SMILES string of the molecule is CCOC(=O)c1cc(F)ccc1NC(=O)Nc1ccc(Cl)cc1Cl. The molecule has 0 atom stereocenters. The lowest BCUT2D eigenvalue weighted by molar-refractivity contribution is 0.0527. The van der Waals surface area contributed by atoms with Gasteiger partial charge in [-0.15, -0.1) is 0 Å². The van der Waals surface area contributed by atoms with Crippen molar-refractivity contribution in [3.63, 3.8) is 0 Å². The van der Waals surface area contributed by atoms with E-state index in [4.69, 9.17) is 27.9 Å². The van der Waals surface area contributed by atoms with Crippen molar-refractivity contribution in [2.75, 3.05) is 17.2 Å². The van der Waals surface area contributed by atoms with Crippen molar-refractivity contribution >= 4 is 46.6 Å². The number of nitrogens with one attached hydrogen (secondary N) is 2. The van der Waals surface area contributed by atoms with E-state index in [1.807, 2.05) is 0 Å². The first kappa shape index (κ1) is 18.0. The number of rotatable bonds is 4. The van der Waals surface area contributed by atoms with Crippen LogP contribution in [0.15, 0.2) is 36.4 Å². The first-order valence-electron chi connectivity index (χ1n) is 6.90. The standard InChI is InChI=1S/C16H13Cl2FN2O3/c1-2-24-15(22)11-8-10(19)4-6-13(11)20-16(23)21-14-5-3-9(17)7-12(14)18/h3-8H,2H2,1H3,(H2,20,21,23). The van der Waals surface area contributed by atoms with Crippen molar-refractivity contribution in [2.24, 2.45) is 0 Å². The van der Waals surface area contributed by atoms with E-state index in [0.29, 0.717) is 10.7 Å². The van der Waals surface area contributed by atoms with Gasteiger partial charge in [0.2, 0.25) is 0 Å². The molecule has 2 rings (SSSR count). The summed E-state index contributed by atoms with van der Waals surface area (Å²) in [6, 6.07) is 7.28. The number of anilines is 2. The Morgan fingerprint density at radius 3 is 2.42 bits per heavy atom. The molecule has 126 valence electrons. The molecule has 0 aromatic heterocycles. The highest BCUT2D eigenvalue weighted by Gasteiger charge is 2.16. The molecule has 0 unspecified atom stereocenters. The fraction of sp³-hybridized carbons (Fsp3) is 0.125. The number of amides is 2. The van der Waals surface area contributed by atoms with Gasteiger partial charge in [-0.3, -0.25) is 0 Å². The van der Waals surface area contributed by atoms with Gasteiger partial charge in [0.25, 0.3) is 0 Å². The molecule has 0 saturated heterocycles. The first-order chi connectivity index (χ1) is 11.4. The third kappa shape index (κ3) is 4.59. The predicted octanol–water partition coefficient (Wildman–Crippen LogP) is 4.95. The highest BCUT2D eigenvalue weighted by molar-refractivity contribution is 6.36. The van der Waals surface area contributed by atoms with Crippen LogP contribution in [0.2, 0.25) is 10.0 Å². The third-order valence-corrected chi connectivity index (χ3v) is 3.45. The molecule has 0 aliphatic rings. The molecule has 0 radical (unpaired) electrons. The van der Waals surface area contributed by atoms with Gasteiger partial charge in [-0.25, -0.2) is 14.0 Å². The normalized spacial score (nSPS) is 10.2. The van der Waals surface area contributed by atoms with Crippen LogP contribution in [0.4, 0.5) is 20.6 Å². The summed E-state index contributed by atoms with van der Waals surface area (Å²) in [6.07, 6.45) is 0. The maximum absolute atomic E-state index is 13.4. The predicted molar refractivity (Wildman–Crippen MR) is 91.5 cm³/mol. The number of halogens is 3. The van der Waals surface area contributed by atoms with E-state index in [9.17, 15) is 14.0 Å². The summed E-state index contributed by atoms with van der Waals surface area (Å²) in [5.74, 6) is -1.36. The number of urea groups is 1. The Morgan fingerprint density at radius 1 is 1.08 bits per heavy atom. The van der Waals surface area contributed by atoms with Crippen LogP contribution in [0.3, 0.4) is 0 Å². The van der Waals surface area contributed by atoms with E-state index in [2.05, 4.69) is 10.6 Å². The van der Waals surface area contributed by atoms with Crippen LogP contribution in [-0.2, 0) is 4.74 Å². The van der Waals surface area contributed by atoms with E-state index < -0.39 is 17.8 Å². The summed E-state index contributed by atoms with van der Waals surface area (Å²) in [5.41, 5.74) is 0.352. The van der Waals surface area contributed by atoms with Crippen LogP contribution >= 0.6 is 23.2 Å². The van der Waals surface area contributed by atoms with Crippen LogP contribution in [0.25, 0.3) is 0 Å². The van der Waals surface area contributed by atoms with Crippen molar-refractivity contribution in [2.45, 2.75) is 6.92 Å². The number of carbonyl (C=O) groups is 2. The van der Waals surface area contributed by atoms with E-state index >= 15 is 0 Å². The number of ether oxygens (including phenoxy) is 1. The second kappa shape index (κ2) is 7.99. The Bertz CT molecular complexity index is 784. The molecule has 2 aromatic rings. The van der Waals surface area contributed by atoms with Gasteiger partial charge in [0, 0.05) is 5.02 Å². The summed E-state index contributed by atoms with van der Waals surface area (Å²) in [6.45, 7) is 1.75. The van der Waals surface area contributed by atoms with Gasteiger partial charge in [0.1, 0.15) is 5.82 Å². The third-order valence-electron chi connectivity index (χ3n) is 2.90. The quantitative estimate of drug-likeness (QED) is 0.747. The molecular formula is C16H13Cl2FN2O3. The number of esters is 1. The largest absolute Gasteiger partial charge is 0.462 e. The fourth-order valence-corrected chi connectivity index (χ4v) is 2.33. The Morgan fingerprint density at radius 2 is 1.75 bits per heavy atom. The Balaban J connectivity index is 2.18. The molecule has 2 N–H and O–H groups in total.